The Morgan fingerprint density at radius 2 is 2.06 bits per heavy atom. The fourth-order valence-corrected chi connectivity index (χ4v) is 1.29. The molecular formula is C10H8ClF3O3. The van der Waals surface area contributed by atoms with E-state index in [0.29, 0.717) is 0 Å². The molecule has 7 heteroatoms. The van der Waals surface area contributed by atoms with Crippen LogP contribution in [-0.4, -0.2) is 18.2 Å². The molecular weight excluding hydrogens is 261 g/mol. The fraction of sp³-hybridized carbons (Fsp3) is 0.300. The van der Waals surface area contributed by atoms with Gasteiger partial charge in [0.05, 0.1) is 12.2 Å². The van der Waals surface area contributed by atoms with Gasteiger partial charge >= 0.3 is 6.36 Å². The molecule has 0 saturated carbocycles. The highest BCUT2D eigenvalue weighted by atomic mass is 35.5. The number of hydrogen-bond acceptors (Lipinski definition) is 3. The van der Waals surface area contributed by atoms with Gasteiger partial charge in [-0.2, -0.15) is 0 Å². The smallest absolute Gasteiger partial charge is 0.493 e. The van der Waals surface area contributed by atoms with Gasteiger partial charge in [-0.25, -0.2) is 0 Å². The van der Waals surface area contributed by atoms with Gasteiger partial charge in [0.25, 0.3) is 5.24 Å². The molecule has 17 heavy (non-hydrogen) atoms. The Kier molecular flexibility index (Phi) is 4.22. The van der Waals surface area contributed by atoms with Crippen molar-refractivity contribution in [3.8, 4) is 11.5 Å². The van der Waals surface area contributed by atoms with Crippen molar-refractivity contribution in [3.05, 3.63) is 23.8 Å². The highest BCUT2D eigenvalue weighted by molar-refractivity contribution is 6.68. The first-order valence-corrected chi connectivity index (χ1v) is 4.93. The van der Waals surface area contributed by atoms with E-state index in [2.05, 4.69) is 4.74 Å². The number of alkyl halides is 3. The molecule has 1 aromatic carbocycles. The van der Waals surface area contributed by atoms with E-state index in [1.807, 2.05) is 0 Å². The Bertz CT molecular complexity index is 418. The van der Waals surface area contributed by atoms with Crippen molar-refractivity contribution in [1.82, 2.24) is 0 Å². The second kappa shape index (κ2) is 5.27. The lowest BCUT2D eigenvalue weighted by Crippen LogP contribution is -2.17. The lowest BCUT2D eigenvalue weighted by atomic mass is 10.2. The van der Waals surface area contributed by atoms with E-state index in [-0.39, 0.29) is 17.9 Å². The number of halogens is 4. The molecule has 1 aromatic rings. The van der Waals surface area contributed by atoms with Crippen LogP contribution in [0.25, 0.3) is 0 Å². The van der Waals surface area contributed by atoms with Gasteiger partial charge < -0.3 is 9.47 Å². The van der Waals surface area contributed by atoms with Crippen molar-refractivity contribution in [2.45, 2.75) is 13.3 Å². The van der Waals surface area contributed by atoms with Crippen LogP contribution in [0.1, 0.15) is 17.3 Å². The molecule has 0 saturated heterocycles. The number of hydrogen-bond donors (Lipinski definition) is 0. The maximum Gasteiger partial charge on any atom is 0.573 e. The SMILES string of the molecule is CCOc1ccc(OC(F)(F)F)cc1C(=O)Cl. The van der Waals surface area contributed by atoms with Crippen molar-refractivity contribution < 1.29 is 27.4 Å². The zero-order valence-electron chi connectivity index (χ0n) is 8.68. The molecule has 0 atom stereocenters. The molecule has 0 aliphatic rings. The van der Waals surface area contributed by atoms with Crippen LogP contribution >= 0.6 is 11.6 Å². The summed E-state index contributed by atoms with van der Waals surface area (Å²) < 4.78 is 44.6. The lowest BCUT2D eigenvalue weighted by Gasteiger charge is -2.11. The van der Waals surface area contributed by atoms with Crippen LogP contribution in [0.2, 0.25) is 0 Å². The molecule has 0 spiro atoms. The summed E-state index contributed by atoms with van der Waals surface area (Å²) in [6.07, 6.45) is -4.82. The van der Waals surface area contributed by atoms with E-state index >= 15 is 0 Å². The molecule has 0 N–H and O–H groups in total. The van der Waals surface area contributed by atoms with Crippen LogP contribution in [0.5, 0.6) is 11.5 Å². The quantitative estimate of drug-likeness (QED) is 0.786. The van der Waals surface area contributed by atoms with Crippen molar-refractivity contribution in [1.29, 1.82) is 0 Å². The van der Waals surface area contributed by atoms with Crippen LogP contribution in [0.15, 0.2) is 18.2 Å². The summed E-state index contributed by atoms with van der Waals surface area (Å²) in [6.45, 7) is 1.93. The van der Waals surface area contributed by atoms with Crippen LogP contribution in [-0.2, 0) is 0 Å². The third-order valence-corrected chi connectivity index (χ3v) is 1.90. The lowest BCUT2D eigenvalue weighted by molar-refractivity contribution is -0.274. The zero-order chi connectivity index (χ0) is 13.1. The maximum absolute atomic E-state index is 12.0. The fourth-order valence-electron chi connectivity index (χ4n) is 1.14. The van der Waals surface area contributed by atoms with Crippen molar-refractivity contribution in [3.63, 3.8) is 0 Å². The summed E-state index contributed by atoms with van der Waals surface area (Å²) in [6, 6.07) is 3.12. The molecule has 0 unspecified atom stereocenters. The normalized spacial score (nSPS) is 11.1. The Balaban J connectivity index is 3.05. The summed E-state index contributed by atoms with van der Waals surface area (Å²) in [5.41, 5.74) is -0.171. The van der Waals surface area contributed by atoms with Gasteiger partial charge in [-0.3, -0.25) is 4.79 Å². The van der Waals surface area contributed by atoms with Crippen LogP contribution in [0.3, 0.4) is 0 Å². The van der Waals surface area contributed by atoms with Crippen LogP contribution < -0.4 is 9.47 Å². The third kappa shape index (κ3) is 4.14. The summed E-state index contributed by atoms with van der Waals surface area (Å²) >= 11 is 5.23. The minimum atomic E-state index is -4.82. The van der Waals surface area contributed by atoms with E-state index < -0.39 is 17.4 Å². The molecule has 1 rings (SSSR count). The predicted octanol–water partition coefficient (Wildman–Crippen LogP) is 3.36. The van der Waals surface area contributed by atoms with Gasteiger partial charge in [-0.05, 0) is 36.7 Å². The van der Waals surface area contributed by atoms with E-state index in [1.54, 1.807) is 6.92 Å². The summed E-state index contributed by atoms with van der Waals surface area (Å²) in [5, 5.41) is -0.916. The molecule has 0 aliphatic heterocycles. The van der Waals surface area contributed by atoms with Crippen molar-refractivity contribution in [2.24, 2.45) is 0 Å². The summed E-state index contributed by atoms with van der Waals surface area (Å²) in [4.78, 5) is 11.0. The molecule has 0 fully saturated rings. The van der Waals surface area contributed by atoms with E-state index in [9.17, 15) is 18.0 Å². The molecule has 3 nitrogen and oxygen atoms in total. The average molecular weight is 269 g/mol. The van der Waals surface area contributed by atoms with Gasteiger partial charge in [0.2, 0.25) is 0 Å². The Labute approximate surface area is 100 Å². The van der Waals surface area contributed by atoms with E-state index in [1.165, 1.54) is 6.07 Å². The van der Waals surface area contributed by atoms with Crippen LogP contribution in [0, 0.1) is 0 Å². The molecule has 0 aliphatic carbocycles. The Morgan fingerprint density at radius 1 is 1.41 bits per heavy atom. The second-order valence-electron chi connectivity index (χ2n) is 2.91. The first-order valence-electron chi connectivity index (χ1n) is 4.56. The Morgan fingerprint density at radius 3 is 2.53 bits per heavy atom. The largest absolute Gasteiger partial charge is 0.573 e. The summed E-state index contributed by atoms with van der Waals surface area (Å²) in [5.74, 6) is -0.410. The molecule has 0 heterocycles. The molecule has 0 aromatic heterocycles. The number of rotatable bonds is 4. The number of ether oxygens (including phenoxy) is 2. The van der Waals surface area contributed by atoms with Crippen molar-refractivity contribution >= 4 is 16.8 Å². The van der Waals surface area contributed by atoms with Gasteiger partial charge in [-0.15, -0.1) is 13.2 Å². The molecule has 94 valence electrons. The highest BCUT2D eigenvalue weighted by Crippen LogP contribution is 2.29. The van der Waals surface area contributed by atoms with E-state index in [4.69, 9.17) is 16.3 Å². The molecule has 0 bridgehead atoms. The first kappa shape index (κ1) is 13.6. The maximum atomic E-state index is 12.0. The van der Waals surface area contributed by atoms with Gasteiger partial charge in [0.1, 0.15) is 11.5 Å². The van der Waals surface area contributed by atoms with Gasteiger partial charge in [-0.1, -0.05) is 0 Å². The highest BCUT2D eigenvalue weighted by Gasteiger charge is 2.31. The third-order valence-electron chi connectivity index (χ3n) is 1.70. The van der Waals surface area contributed by atoms with Crippen LogP contribution in [0.4, 0.5) is 13.2 Å². The van der Waals surface area contributed by atoms with Gasteiger partial charge in [0, 0.05) is 0 Å². The second-order valence-corrected chi connectivity index (χ2v) is 3.26. The standard InChI is InChI=1S/C10H8ClF3O3/c1-2-16-8-4-3-6(17-10(12,13)14)5-7(8)9(11)15/h3-5H,2H2,1H3. The molecule has 0 radical (unpaired) electrons. The zero-order valence-corrected chi connectivity index (χ0v) is 9.43. The summed E-state index contributed by atoms with van der Waals surface area (Å²) in [7, 11) is 0. The topological polar surface area (TPSA) is 35.5 Å². The Hall–Kier alpha value is -1.43. The molecule has 0 amide bonds. The average Bonchev–Trinajstić information content (AvgIpc) is 2.18. The number of carbonyl (C=O) groups is 1. The van der Waals surface area contributed by atoms with Crippen molar-refractivity contribution in [2.75, 3.05) is 6.61 Å². The number of carbonyl (C=O) groups excluding carboxylic acids is 1. The van der Waals surface area contributed by atoms with Gasteiger partial charge in [0.15, 0.2) is 0 Å². The minimum Gasteiger partial charge on any atom is -0.493 e. The number of benzene rings is 1. The first-order chi connectivity index (χ1) is 7.83. The monoisotopic (exact) mass is 268 g/mol. The van der Waals surface area contributed by atoms with E-state index in [0.717, 1.165) is 12.1 Å². The minimum absolute atomic E-state index is 0.113. The predicted molar refractivity (Wildman–Crippen MR) is 54.5 cm³/mol.